The van der Waals surface area contributed by atoms with Crippen LogP contribution in [-0.4, -0.2) is 36.3 Å². The van der Waals surface area contributed by atoms with Gasteiger partial charge in [0.1, 0.15) is 5.82 Å². The van der Waals surface area contributed by atoms with Gasteiger partial charge in [0.2, 0.25) is 0 Å². The topological polar surface area (TPSA) is 50.3 Å². The number of nitrogens with zero attached hydrogens (tertiary/aromatic N) is 3. The number of halogens is 1. The number of fused-ring (bicyclic) bond motifs is 1. The molecule has 1 saturated heterocycles. The minimum atomic E-state index is 0.706. The molecule has 0 aliphatic carbocycles. The van der Waals surface area contributed by atoms with E-state index in [-0.39, 0.29) is 0 Å². The van der Waals surface area contributed by atoms with Crippen molar-refractivity contribution in [1.82, 2.24) is 9.97 Å². The Bertz CT molecular complexity index is 1160. The van der Waals surface area contributed by atoms with Gasteiger partial charge >= 0.3 is 0 Å². The van der Waals surface area contributed by atoms with Crippen LogP contribution in [-0.2, 0) is 4.74 Å². The van der Waals surface area contributed by atoms with Gasteiger partial charge in [0.25, 0.3) is 0 Å². The predicted molar refractivity (Wildman–Crippen MR) is 125 cm³/mol. The lowest BCUT2D eigenvalue weighted by atomic mass is 10.1. The number of hydrogen-bond donors (Lipinski definition) is 1. The van der Waals surface area contributed by atoms with Gasteiger partial charge in [-0.15, -0.1) is 0 Å². The van der Waals surface area contributed by atoms with Crippen LogP contribution in [0.5, 0.6) is 0 Å². The molecule has 5 nitrogen and oxygen atoms in total. The molecule has 3 aromatic carbocycles. The Hall–Kier alpha value is -2.96. The van der Waals surface area contributed by atoms with Crippen LogP contribution in [0.15, 0.2) is 77.3 Å². The van der Waals surface area contributed by atoms with E-state index >= 15 is 0 Å². The molecule has 150 valence electrons. The molecule has 1 aliphatic heterocycles. The largest absolute Gasteiger partial charge is 0.378 e. The molecule has 1 aliphatic rings. The second-order valence-electron chi connectivity index (χ2n) is 7.19. The molecule has 0 atom stereocenters. The first kappa shape index (κ1) is 19.0. The van der Waals surface area contributed by atoms with Gasteiger partial charge in [0, 0.05) is 39.9 Å². The van der Waals surface area contributed by atoms with Crippen LogP contribution in [0, 0.1) is 0 Å². The maximum Gasteiger partial charge on any atom is 0.162 e. The molecule has 0 unspecified atom stereocenters. The molecule has 0 spiro atoms. The zero-order valence-electron chi connectivity index (χ0n) is 16.4. The minimum Gasteiger partial charge on any atom is -0.378 e. The van der Waals surface area contributed by atoms with Crippen LogP contribution in [0.1, 0.15) is 0 Å². The highest BCUT2D eigenvalue weighted by Gasteiger charge is 2.13. The van der Waals surface area contributed by atoms with Crippen molar-refractivity contribution < 1.29 is 4.74 Å². The first-order chi connectivity index (χ1) is 14.8. The molecule has 1 aromatic heterocycles. The number of anilines is 3. The van der Waals surface area contributed by atoms with Crippen molar-refractivity contribution in [3.8, 4) is 11.4 Å². The smallest absolute Gasteiger partial charge is 0.162 e. The maximum atomic E-state index is 5.45. The molecule has 30 heavy (non-hydrogen) atoms. The number of hydrogen-bond acceptors (Lipinski definition) is 5. The highest BCUT2D eigenvalue weighted by atomic mass is 79.9. The molecular weight excluding hydrogens is 440 g/mol. The number of morpholine rings is 1. The van der Waals surface area contributed by atoms with Crippen LogP contribution < -0.4 is 10.2 Å². The minimum absolute atomic E-state index is 0.706. The fourth-order valence-electron chi connectivity index (χ4n) is 3.63. The Morgan fingerprint density at radius 3 is 2.40 bits per heavy atom. The van der Waals surface area contributed by atoms with Crippen LogP contribution in [0.2, 0.25) is 0 Å². The molecule has 0 radical (unpaired) electrons. The molecule has 6 heteroatoms. The average molecular weight is 461 g/mol. The SMILES string of the molecule is Brc1ccc2nc(-c3ccccc3)nc(Nc3ccc(N4CCOCC4)cc3)c2c1. The highest BCUT2D eigenvalue weighted by molar-refractivity contribution is 9.10. The maximum absolute atomic E-state index is 5.45. The zero-order valence-corrected chi connectivity index (χ0v) is 18.0. The van der Waals surface area contributed by atoms with Crippen molar-refractivity contribution in [2.24, 2.45) is 0 Å². The highest BCUT2D eigenvalue weighted by Crippen LogP contribution is 2.30. The molecule has 2 heterocycles. The third-order valence-corrected chi connectivity index (χ3v) is 5.69. The Balaban J connectivity index is 1.50. The fraction of sp³-hybridized carbons (Fsp3) is 0.167. The van der Waals surface area contributed by atoms with Crippen molar-refractivity contribution in [1.29, 1.82) is 0 Å². The van der Waals surface area contributed by atoms with E-state index in [4.69, 9.17) is 14.7 Å². The Kier molecular flexibility index (Phi) is 5.34. The summed E-state index contributed by atoms with van der Waals surface area (Å²) >= 11 is 3.57. The van der Waals surface area contributed by atoms with Crippen LogP contribution in [0.4, 0.5) is 17.2 Å². The van der Waals surface area contributed by atoms with Gasteiger partial charge in [-0.25, -0.2) is 9.97 Å². The van der Waals surface area contributed by atoms with E-state index in [0.29, 0.717) is 5.82 Å². The third kappa shape index (κ3) is 4.01. The predicted octanol–water partition coefficient (Wildman–Crippen LogP) is 5.64. The quantitative estimate of drug-likeness (QED) is 0.426. The van der Waals surface area contributed by atoms with Gasteiger partial charge in [-0.3, -0.25) is 0 Å². The third-order valence-electron chi connectivity index (χ3n) is 5.20. The van der Waals surface area contributed by atoms with E-state index in [9.17, 15) is 0 Å². The van der Waals surface area contributed by atoms with E-state index < -0.39 is 0 Å². The summed E-state index contributed by atoms with van der Waals surface area (Å²) in [4.78, 5) is 12.0. The van der Waals surface area contributed by atoms with E-state index in [2.05, 4.69) is 56.5 Å². The number of aromatic nitrogens is 2. The summed E-state index contributed by atoms with van der Waals surface area (Å²) < 4.78 is 6.45. The lowest BCUT2D eigenvalue weighted by Crippen LogP contribution is -2.36. The van der Waals surface area contributed by atoms with Crippen LogP contribution >= 0.6 is 15.9 Å². The molecule has 0 saturated carbocycles. The number of benzene rings is 3. The van der Waals surface area contributed by atoms with Crippen molar-refractivity contribution in [3.63, 3.8) is 0 Å². The summed E-state index contributed by atoms with van der Waals surface area (Å²) in [6.45, 7) is 3.42. The number of rotatable bonds is 4. The monoisotopic (exact) mass is 460 g/mol. The normalized spacial score (nSPS) is 14.1. The Morgan fingerprint density at radius 2 is 1.63 bits per heavy atom. The van der Waals surface area contributed by atoms with Gasteiger partial charge in [0.05, 0.1) is 18.7 Å². The molecule has 1 N–H and O–H groups in total. The first-order valence-electron chi connectivity index (χ1n) is 9.99. The average Bonchev–Trinajstić information content (AvgIpc) is 2.81. The molecular formula is C24H21BrN4O. The second-order valence-corrected chi connectivity index (χ2v) is 8.11. The second kappa shape index (κ2) is 8.42. The van der Waals surface area contributed by atoms with Crippen molar-refractivity contribution >= 4 is 44.0 Å². The van der Waals surface area contributed by atoms with E-state index in [1.807, 2.05) is 42.5 Å². The van der Waals surface area contributed by atoms with Crippen molar-refractivity contribution in [3.05, 3.63) is 77.3 Å². The van der Waals surface area contributed by atoms with E-state index in [1.54, 1.807) is 0 Å². The number of nitrogens with one attached hydrogen (secondary N) is 1. The van der Waals surface area contributed by atoms with Gasteiger partial charge in [0.15, 0.2) is 5.82 Å². The standard InChI is InChI=1S/C24H21BrN4O/c25-18-6-11-22-21(16-18)24(28-23(27-22)17-4-2-1-3-5-17)26-19-7-9-20(10-8-19)29-12-14-30-15-13-29/h1-11,16H,12-15H2,(H,26,27,28). The lowest BCUT2D eigenvalue weighted by molar-refractivity contribution is 0.122. The zero-order chi connectivity index (χ0) is 20.3. The summed E-state index contributed by atoms with van der Waals surface area (Å²) in [6, 6.07) is 24.6. The molecule has 4 aromatic rings. The molecule has 1 fully saturated rings. The van der Waals surface area contributed by atoms with E-state index in [1.165, 1.54) is 5.69 Å². The van der Waals surface area contributed by atoms with Gasteiger partial charge < -0.3 is 15.0 Å². The first-order valence-corrected chi connectivity index (χ1v) is 10.8. The molecule has 0 bridgehead atoms. The van der Waals surface area contributed by atoms with Crippen LogP contribution in [0.25, 0.3) is 22.3 Å². The fourth-order valence-corrected chi connectivity index (χ4v) is 3.99. The van der Waals surface area contributed by atoms with Gasteiger partial charge in [-0.1, -0.05) is 46.3 Å². The van der Waals surface area contributed by atoms with Gasteiger partial charge in [-0.2, -0.15) is 0 Å². The molecule has 0 amide bonds. The van der Waals surface area contributed by atoms with Crippen molar-refractivity contribution in [2.45, 2.75) is 0 Å². The summed E-state index contributed by atoms with van der Waals surface area (Å²) in [5, 5.41) is 4.47. The number of ether oxygens (including phenoxy) is 1. The van der Waals surface area contributed by atoms with Crippen molar-refractivity contribution in [2.75, 3.05) is 36.5 Å². The summed E-state index contributed by atoms with van der Waals surface area (Å²) in [5.41, 5.74) is 4.10. The van der Waals surface area contributed by atoms with E-state index in [0.717, 1.165) is 58.7 Å². The summed E-state index contributed by atoms with van der Waals surface area (Å²) in [5.74, 6) is 1.50. The Morgan fingerprint density at radius 1 is 0.867 bits per heavy atom. The molecule has 5 rings (SSSR count). The van der Waals surface area contributed by atoms with Gasteiger partial charge in [-0.05, 0) is 42.5 Å². The Labute approximate surface area is 183 Å². The van der Waals surface area contributed by atoms with Crippen LogP contribution in [0.3, 0.4) is 0 Å². The lowest BCUT2D eigenvalue weighted by Gasteiger charge is -2.28. The summed E-state index contributed by atoms with van der Waals surface area (Å²) in [7, 11) is 0. The summed E-state index contributed by atoms with van der Waals surface area (Å²) in [6.07, 6.45) is 0.